The van der Waals surface area contributed by atoms with Gasteiger partial charge in [0.2, 0.25) is 0 Å². The minimum atomic E-state index is -7.94. The zero-order valence-corrected chi connectivity index (χ0v) is 8.90. The van der Waals surface area contributed by atoms with E-state index >= 15 is 0 Å². The summed E-state index contributed by atoms with van der Waals surface area (Å²) in [6.45, 7) is 0. The molecule has 0 atom stereocenters. The van der Waals surface area contributed by atoms with E-state index in [4.69, 9.17) is 13.7 Å². The van der Waals surface area contributed by atoms with Crippen molar-refractivity contribution < 1.29 is 67.1 Å². The molecule has 0 aromatic heterocycles. The first-order valence-corrected chi connectivity index (χ1v) is 10.7. The maximum absolute atomic E-state index is 9.75. The molecular formula is H4I2O9. The van der Waals surface area contributed by atoms with Crippen molar-refractivity contribution in [2.24, 2.45) is 0 Å². The van der Waals surface area contributed by atoms with E-state index in [1.165, 1.54) is 0 Å². The van der Waals surface area contributed by atoms with Crippen LogP contribution in [0.5, 0.6) is 0 Å². The Balaban J connectivity index is 4.55. The number of rotatable bonds is 2. The molecule has 0 aliphatic rings. The predicted octanol–water partition coefficient (Wildman–Crippen LogP) is -13.0. The molecule has 9 nitrogen and oxygen atoms in total. The second-order valence-electron chi connectivity index (χ2n) is 1.42. The van der Waals surface area contributed by atoms with Gasteiger partial charge in [-0.2, -0.15) is 0 Å². The Hall–Kier alpha value is 1.10. The molecule has 0 saturated carbocycles. The Morgan fingerprint density at radius 3 is 0.909 bits per heavy atom. The first-order chi connectivity index (χ1) is 4.21. The van der Waals surface area contributed by atoms with E-state index in [2.05, 4.69) is 1.40 Å². The van der Waals surface area contributed by atoms with E-state index in [9.17, 15) is 13.7 Å². The zero-order valence-electron chi connectivity index (χ0n) is 4.59. The quantitative estimate of drug-likeness (QED) is 0.326. The van der Waals surface area contributed by atoms with E-state index in [-0.39, 0.29) is 0 Å². The third kappa shape index (κ3) is 11.1. The molecule has 11 heteroatoms. The molecule has 0 aliphatic carbocycles. The average Bonchev–Trinajstić information content (AvgIpc) is 1.04. The fourth-order valence-electron chi connectivity index (χ4n) is 0.171. The minimum absolute atomic E-state index is 2.37. The summed E-state index contributed by atoms with van der Waals surface area (Å²) < 4.78 is 72.2. The van der Waals surface area contributed by atoms with Crippen LogP contribution in [0, 0.1) is 0 Å². The van der Waals surface area contributed by atoms with Crippen LogP contribution in [-0.2, 0) is 1.40 Å². The first kappa shape index (κ1) is 12.1. The van der Waals surface area contributed by atoms with Crippen LogP contribution in [0.1, 0.15) is 0 Å². The third-order valence-electron chi connectivity index (χ3n) is 0.200. The number of halogens is 2. The molecule has 0 spiro atoms. The normalized spacial score (nSPS) is 21.5. The van der Waals surface area contributed by atoms with Crippen molar-refractivity contribution in [3.8, 4) is 0 Å². The van der Waals surface area contributed by atoms with Crippen LogP contribution in [-0.4, -0.2) is 13.7 Å². The van der Waals surface area contributed by atoms with Gasteiger partial charge < -0.3 is 0 Å². The van der Waals surface area contributed by atoms with Gasteiger partial charge in [-0.1, -0.05) is 0 Å². The molecule has 0 unspecified atom stereocenters. The van der Waals surface area contributed by atoms with E-state index in [1.807, 2.05) is 0 Å². The molecule has 0 amide bonds. The molecule has 0 rings (SSSR count). The molecule has 72 valence electrons. The summed E-state index contributed by atoms with van der Waals surface area (Å²) in [6.07, 6.45) is 0. The summed E-state index contributed by atoms with van der Waals surface area (Å²) in [6, 6.07) is 0. The molecule has 0 bridgehead atoms. The molecule has 0 aliphatic heterocycles. The van der Waals surface area contributed by atoms with Crippen LogP contribution in [0.4, 0.5) is 0 Å². The Kier molecular flexibility index (Phi) is 2.55. The average molecular weight is 402 g/mol. The van der Waals surface area contributed by atoms with Gasteiger partial charge in [-0.3, -0.25) is 0 Å². The summed E-state index contributed by atoms with van der Waals surface area (Å²) in [5.74, 6) is 0. The van der Waals surface area contributed by atoms with Crippen molar-refractivity contribution >= 4 is 0 Å². The Morgan fingerprint density at radius 1 is 0.727 bits per heavy atom. The van der Waals surface area contributed by atoms with Gasteiger partial charge in [0.1, 0.15) is 0 Å². The fraction of sp³-hybridized carbons (Fsp3) is 0. The van der Waals surface area contributed by atoms with Gasteiger partial charge in [0.25, 0.3) is 0 Å². The summed E-state index contributed by atoms with van der Waals surface area (Å²) >= 11 is -15.9. The number of hydrogen-bond donors (Lipinski definition) is 4. The number of hydrogen-bond acceptors (Lipinski definition) is 9. The molecule has 0 heterocycles. The molecule has 11 heavy (non-hydrogen) atoms. The molecule has 4 N–H and O–H groups in total. The van der Waals surface area contributed by atoms with E-state index in [1.54, 1.807) is 0 Å². The maximum atomic E-state index is 9.75. The van der Waals surface area contributed by atoms with E-state index in [0.29, 0.717) is 0 Å². The van der Waals surface area contributed by atoms with Crippen molar-refractivity contribution in [1.82, 2.24) is 0 Å². The van der Waals surface area contributed by atoms with Crippen molar-refractivity contribution in [1.29, 1.82) is 0 Å². The predicted molar refractivity (Wildman–Crippen MR) is 9.96 cm³/mol. The second-order valence-corrected chi connectivity index (χ2v) is 11.7. The summed E-state index contributed by atoms with van der Waals surface area (Å²) in [5, 5.41) is 0. The van der Waals surface area contributed by atoms with Crippen LogP contribution in [0.3, 0.4) is 0 Å². The third-order valence-corrected chi connectivity index (χ3v) is 8.98. The van der Waals surface area contributed by atoms with Crippen LogP contribution in [0.15, 0.2) is 0 Å². The summed E-state index contributed by atoms with van der Waals surface area (Å²) in [4.78, 5) is 0. The fourth-order valence-corrected chi connectivity index (χ4v) is 7.68. The van der Waals surface area contributed by atoms with Crippen LogP contribution in [0.25, 0.3) is 0 Å². The van der Waals surface area contributed by atoms with Gasteiger partial charge in [-0.15, -0.1) is 0 Å². The van der Waals surface area contributed by atoms with Crippen molar-refractivity contribution in [3.05, 3.63) is 0 Å². The first-order valence-electron chi connectivity index (χ1n) is 1.60. The second kappa shape index (κ2) is 2.32. The van der Waals surface area contributed by atoms with E-state index in [0.717, 1.165) is 0 Å². The van der Waals surface area contributed by atoms with Crippen LogP contribution >= 0.6 is 0 Å². The van der Waals surface area contributed by atoms with Gasteiger partial charge in [0.15, 0.2) is 0 Å². The summed E-state index contributed by atoms with van der Waals surface area (Å²) in [5.41, 5.74) is 0. The molecule has 0 fully saturated rings. The van der Waals surface area contributed by atoms with Gasteiger partial charge in [-0.25, -0.2) is 0 Å². The van der Waals surface area contributed by atoms with Crippen LogP contribution in [0.2, 0.25) is 0 Å². The van der Waals surface area contributed by atoms with Crippen molar-refractivity contribution in [2.45, 2.75) is 0 Å². The molecule has 0 aromatic rings. The van der Waals surface area contributed by atoms with Crippen LogP contribution < -0.4 is 52.0 Å². The van der Waals surface area contributed by atoms with E-state index < -0.39 is 38.2 Å². The zero-order chi connectivity index (χ0) is 9.60. The molecule has 0 aromatic carbocycles. The molecular weight excluding hydrogens is 398 g/mol. The topological polar surface area (TPSA) is 182 Å². The van der Waals surface area contributed by atoms with Gasteiger partial charge in [0, 0.05) is 0 Å². The Bertz CT molecular complexity index is 125. The Morgan fingerprint density at radius 2 is 0.909 bits per heavy atom. The Labute approximate surface area is 66.9 Å². The SMILES string of the molecule is [O-][I+2]([O-])(O)(O)O[I+2]([O-])([O-])(O)O. The van der Waals surface area contributed by atoms with Gasteiger partial charge >= 0.3 is 67.1 Å². The van der Waals surface area contributed by atoms with Crippen molar-refractivity contribution in [3.63, 3.8) is 0 Å². The van der Waals surface area contributed by atoms with Gasteiger partial charge in [0.05, 0.1) is 0 Å². The van der Waals surface area contributed by atoms with Crippen molar-refractivity contribution in [2.75, 3.05) is 0 Å². The standard InChI is InChI=1S/H4I2O9/c3-1(4,5,6)11-2(7,8,9)10/h3-4,7-8H. The summed E-state index contributed by atoms with van der Waals surface area (Å²) in [7, 11) is 0. The van der Waals surface area contributed by atoms with Gasteiger partial charge in [-0.05, 0) is 0 Å². The molecule has 0 saturated heterocycles. The monoisotopic (exact) mass is 402 g/mol. The molecule has 0 radical (unpaired) electrons.